The van der Waals surface area contributed by atoms with Crippen molar-refractivity contribution < 1.29 is 14.3 Å². The molecule has 104 valence electrons. The molecule has 1 fully saturated rings. The van der Waals surface area contributed by atoms with Gasteiger partial charge in [0.05, 0.1) is 18.4 Å². The lowest BCUT2D eigenvalue weighted by molar-refractivity contribution is 0.0601. The molecule has 6 heteroatoms. The molecule has 1 saturated heterocycles. The molecule has 0 unspecified atom stereocenters. The van der Waals surface area contributed by atoms with Gasteiger partial charge in [0, 0.05) is 28.2 Å². The lowest BCUT2D eigenvalue weighted by Crippen LogP contribution is -2.28. The minimum atomic E-state index is -0.350. The van der Waals surface area contributed by atoms with Gasteiger partial charge in [-0.1, -0.05) is 15.9 Å². The monoisotopic (exact) mass is 391 g/mol. The molecule has 1 heterocycles. The Morgan fingerprint density at radius 3 is 2.68 bits per heavy atom. The summed E-state index contributed by atoms with van der Waals surface area (Å²) in [5, 5.41) is 3.41. The fourth-order valence-electron chi connectivity index (χ4n) is 2.04. The van der Waals surface area contributed by atoms with Crippen molar-refractivity contribution in [1.82, 2.24) is 0 Å². The number of esters is 1. The van der Waals surface area contributed by atoms with Gasteiger partial charge in [-0.05, 0) is 40.9 Å². The summed E-state index contributed by atoms with van der Waals surface area (Å²) in [4.78, 5) is 11.9. The van der Waals surface area contributed by atoms with E-state index in [0.29, 0.717) is 11.6 Å². The number of carbonyl (C=O) groups excluding carboxylic acids is 1. The van der Waals surface area contributed by atoms with Crippen LogP contribution in [0.3, 0.4) is 0 Å². The van der Waals surface area contributed by atoms with Crippen molar-refractivity contribution in [3.8, 4) is 0 Å². The molecule has 0 spiro atoms. The Bertz CT molecular complexity index is 473. The molecule has 0 atom stereocenters. The number of carbonyl (C=O) groups is 1. The first-order valence-corrected chi connectivity index (χ1v) is 7.62. The van der Waals surface area contributed by atoms with E-state index in [9.17, 15) is 4.79 Å². The highest BCUT2D eigenvalue weighted by atomic mass is 79.9. The van der Waals surface area contributed by atoms with Crippen LogP contribution in [-0.4, -0.2) is 32.3 Å². The van der Waals surface area contributed by atoms with E-state index in [4.69, 9.17) is 9.47 Å². The molecule has 0 aromatic heterocycles. The van der Waals surface area contributed by atoms with Crippen LogP contribution in [0.15, 0.2) is 21.1 Å². The van der Waals surface area contributed by atoms with E-state index in [-0.39, 0.29) is 5.97 Å². The van der Waals surface area contributed by atoms with E-state index in [0.717, 1.165) is 40.7 Å². The van der Waals surface area contributed by atoms with Crippen molar-refractivity contribution in [3.05, 3.63) is 26.6 Å². The smallest absolute Gasteiger partial charge is 0.340 e. The predicted octanol–water partition coefficient (Wildman–Crippen LogP) is 3.59. The summed E-state index contributed by atoms with van der Waals surface area (Å²) < 4.78 is 11.8. The van der Waals surface area contributed by atoms with E-state index in [1.807, 2.05) is 6.07 Å². The fourth-order valence-corrected chi connectivity index (χ4v) is 3.38. The van der Waals surface area contributed by atoms with Gasteiger partial charge in [0.25, 0.3) is 0 Å². The quantitative estimate of drug-likeness (QED) is 0.798. The van der Waals surface area contributed by atoms with Gasteiger partial charge in [-0.3, -0.25) is 0 Å². The number of anilines is 1. The Hall–Kier alpha value is -0.590. The van der Waals surface area contributed by atoms with Gasteiger partial charge >= 0.3 is 5.97 Å². The number of nitrogens with one attached hydrogen (secondary N) is 1. The molecule has 1 aromatic rings. The van der Waals surface area contributed by atoms with Gasteiger partial charge in [-0.25, -0.2) is 4.79 Å². The number of methoxy groups -OCH3 is 1. The third-order valence-electron chi connectivity index (χ3n) is 3.03. The average Bonchev–Trinajstić information content (AvgIpc) is 2.42. The molecule has 0 amide bonds. The van der Waals surface area contributed by atoms with Crippen LogP contribution in [0.2, 0.25) is 0 Å². The van der Waals surface area contributed by atoms with Crippen LogP contribution in [0, 0.1) is 0 Å². The van der Waals surface area contributed by atoms with Gasteiger partial charge in [0.2, 0.25) is 0 Å². The van der Waals surface area contributed by atoms with Crippen molar-refractivity contribution in [2.75, 3.05) is 25.6 Å². The highest BCUT2D eigenvalue weighted by molar-refractivity contribution is 9.11. The van der Waals surface area contributed by atoms with Crippen molar-refractivity contribution in [3.63, 3.8) is 0 Å². The number of ether oxygens (including phenoxy) is 2. The van der Waals surface area contributed by atoms with E-state index in [1.165, 1.54) is 7.11 Å². The fraction of sp³-hybridized carbons (Fsp3) is 0.462. The second kappa shape index (κ2) is 6.72. The van der Waals surface area contributed by atoms with E-state index >= 15 is 0 Å². The molecule has 0 radical (unpaired) electrons. The predicted molar refractivity (Wildman–Crippen MR) is 80.6 cm³/mol. The van der Waals surface area contributed by atoms with Crippen molar-refractivity contribution in [2.24, 2.45) is 0 Å². The van der Waals surface area contributed by atoms with Gasteiger partial charge in [0.1, 0.15) is 0 Å². The zero-order valence-electron chi connectivity index (χ0n) is 10.5. The van der Waals surface area contributed by atoms with Crippen LogP contribution in [0.25, 0.3) is 0 Å². The lowest BCUT2D eigenvalue weighted by atomic mass is 10.1. The maximum Gasteiger partial charge on any atom is 0.340 e. The summed E-state index contributed by atoms with van der Waals surface area (Å²) in [5.74, 6) is -0.350. The standard InChI is InChI=1S/C13H15Br2NO3/c1-18-13(17)10-6-8(14)7-11(15)12(10)16-9-2-4-19-5-3-9/h6-7,9,16H,2-5H2,1H3. The van der Waals surface area contributed by atoms with Gasteiger partial charge in [0.15, 0.2) is 0 Å². The average molecular weight is 393 g/mol. The first-order chi connectivity index (χ1) is 9.11. The first-order valence-electron chi connectivity index (χ1n) is 6.03. The first kappa shape index (κ1) is 14.8. The summed E-state index contributed by atoms with van der Waals surface area (Å²) in [5.41, 5.74) is 1.30. The molecule has 2 rings (SSSR count). The minimum absolute atomic E-state index is 0.314. The number of rotatable bonds is 3. The Morgan fingerprint density at radius 2 is 2.05 bits per heavy atom. The third kappa shape index (κ3) is 3.70. The second-order valence-corrected chi connectivity index (χ2v) is 6.10. The molecule has 0 aliphatic carbocycles. The Labute approximate surface area is 129 Å². The van der Waals surface area contributed by atoms with Crippen LogP contribution >= 0.6 is 31.9 Å². The van der Waals surface area contributed by atoms with Crippen LogP contribution in [-0.2, 0) is 9.47 Å². The van der Waals surface area contributed by atoms with E-state index in [1.54, 1.807) is 6.07 Å². The van der Waals surface area contributed by atoms with Crippen molar-refractivity contribution in [1.29, 1.82) is 0 Å². The number of hydrogen-bond donors (Lipinski definition) is 1. The Morgan fingerprint density at radius 1 is 1.37 bits per heavy atom. The summed E-state index contributed by atoms with van der Waals surface area (Å²) in [7, 11) is 1.38. The highest BCUT2D eigenvalue weighted by Gasteiger charge is 2.20. The third-order valence-corrected chi connectivity index (χ3v) is 4.11. The van der Waals surface area contributed by atoms with Crippen LogP contribution in [0.1, 0.15) is 23.2 Å². The van der Waals surface area contributed by atoms with Crippen LogP contribution < -0.4 is 5.32 Å². The topological polar surface area (TPSA) is 47.6 Å². The molecule has 0 bridgehead atoms. The number of halogens is 2. The highest BCUT2D eigenvalue weighted by Crippen LogP contribution is 2.32. The Balaban J connectivity index is 2.28. The van der Waals surface area contributed by atoms with Gasteiger partial charge in [-0.15, -0.1) is 0 Å². The summed E-state index contributed by atoms with van der Waals surface area (Å²) in [6.07, 6.45) is 1.87. The SMILES string of the molecule is COC(=O)c1cc(Br)cc(Br)c1NC1CCOCC1. The molecule has 4 nitrogen and oxygen atoms in total. The molecule has 0 saturated carbocycles. The molecular weight excluding hydrogens is 378 g/mol. The normalized spacial score (nSPS) is 16.2. The van der Waals surface area contributed by atoms with Crippen molar-refractivity contribution >= 4 is 43.5 Å². The maximum atomic E-state index is 11.9. The largest absolute Gasteiger partial charge is 0.465 e. The number of hydrogen-bond acceptors (Lipinski definition) is 4. The van der Waals surface area contributed by atoms with Crippen molar-refractivity contribution in [2.45, 2.75) is 18.9 Å². The summed E-state index contributed by atoms with van der Waals surface area (Å²) in [6.45, 7) is 1.50. The molecule has 19 heavy (non-hydrogen) atoms. The number of benzene rings is 1. The van der Waals surface area contributed by atoms with Gasteiger partial charge in [-0.2, -0.15) is 0 Å². The Kier molecular flexibility index (Phi) is 5.24. The molecular formula is C13H15Br2NO3. The minimum Gasteiger partial charge on any atom is -0.465 e. The molecule has 1 aliphatic rings. The molecule has 1 aromatic carbocycles. The van der Waals surface area contributed by atoms with Gasteiger partial charge < -0.3 is 14.8 Å². The van der Waals surface area contributed by atoms with E-state index < -0.39 is 0 Å². The van der Waals surface area contributed by atoms with Crippen LogP contribution in [0.4, 0.5) is 5.69 Å². The van der Waals surface area contributed by atoms with E-state index in [2.05, 4.69) is 37.2 Å². The molecule has 1 aliphatic heterocycles. The van der Waals surface area contributed by atoms with Crippen LogP contribution in [0.5, 0.6) is 0 Å². The summed E-state index contributed by atoms with van der Waals surface area (Å²) in [6, 6.07) is 3.99. The zero-order valence-corrected chi connectivity index (χ0v) is 13.7. The summed E-state index contributed by atoms with van der Waals surface area (Å²) >= 11 is 6.88. The second-order valence-electron chi connectivity index (χ2n) is 4.33. The lowest BCUT2D eigenvalue weighted by Gasteiger charge is -2.25. The zero-order chi connectivity index (χ0) is 13.8. The maximum absolute atomic E-state index is 11.9. The molecule has 1 N–H and O–H groups in total.